The van der Waals surface area contributed by atoms with Crippen LogP contribution < -0.4 is 0 Å². The first-order valence-electron chi connectivity index (χ1n) is 36.0. The van der Waals surface area contributed by atoms with Gasteiger partial charge in [-0.1, -0.05) is 163 Å². The minimum atomic E-state index is -0.155. The van der Waals surface area contributed by atoms with Gasteiger partial charge in [0, 0.05) is 175 Å². The van der Waals surface area contributed by atoms with E-state index in [2.05, 4.69) is 239 Å². The molecule has 0 saturated carbocycles. The Morgan fingerprint density at radius 3 is 1.49 bits per heavy atom. The number of hydrogen-bond acceptors (Lipinski definition) is 8. The molecule has 8 aromatic heterocycles. The Labute approximate surface area is 617 Å². The summed E-state index contributed by atoms with van der Waals surface area (Å²) in [5, 5.41) is 3.09. The van der Waals surface area contributed by atoms with Crippen LogP contribution >= 0.6 is 56.9 Å². The monoisotopic (exact) mass is 1430 g/mol. The summed E-state index contributed by atoms with van der Waals surface area (Å²) in [5.74, 6) is -0.155. The summed E-state index contributed by atoms with van der Waals surface area (Å²) < 4.78 is 29.7. The number of likely N-dealkylation sites (N-methyl/N-ethyl adjacent to an activating group) is 3. The molecule has 17 rings (SSSR count). The molecule has 12 heterocycles. The van der Waals surface area contributed by atoms with Crippen LogP contribution in [0, 0.1) is 40.4 Å². The van der Waals surface area contributed by atoms with Crippen molar-refractivity contribution < 1.29 is 4.39 Å². The van der Waals surface area contributed by atoms with Crippen LogP contribution in [-0.4, -0.2) is 85.2 Å². The lowest BCUT2D eigenvalue weighted by atomic mass is 10.1. The number of aryl methyl sites for hydroxylation is 7. The number of hydrogen-bond donors (Lipinski definition) is 0. The number of halogens is 2. The van der Waals surface area contributed by atoms with Gasteiger partial charge in [-0.25, -0.2) is 4.39 Å². The van der Waals surface area contributed by atoms with Gasteiger partial charge in [0.2, 0.25) is 0 Å². The van der Waals surface area contributed by atoms with E-state index in [4.69, 9.17) is 11.6 Å². The zero-order chi connectivity index (χ0) is 69.7. The van der Waals surface area contributed by atoms with Crippen molar-refractivity contribution in [3.8, 4) is 0 Å². The number of fused-ring (bicyclic) bond motifs is 12. The van der Waals surface area contributed by atoms with E-state index in [1.165, 1.54) is 131 Å². The fraction of sp³-hybridized carbons (Fsp3) is 0.310. The van der Waals surface area contributed by atoms with Gasteiger partial charge in [-0.3, -0.25) is 4.90 Å². The van der Waals surface area contributed by atoms with E-state index in [9.17, 15) is 4.39 Å². The normalized spacial score (nSPS) is 15.1. The van der Waals surface area contributed by atoms with Gasteiger partial charge >= 0.3 is 0 Å². The first-order chi connectivity index (χ1) is 49.1. The third kappa shape index (κ3) is 16.3. The van der Waals surface area contributed by atoms with Gasteiger partial charge in [-0.15, -0.1) is 45.3 Å². The highest BCUT2D eigenvalue weighted by atomic mass is 35.5. The van der Waals surface area contributed by atoms with Crippen LogP contribution in [0.5, 0.6) is 0 Å². The standard InChI is InChI=1S/C26H25FN2S.C21H24N2S.C20H21ClN2S.C20H24N2S/c1-19-15-25-26(30-19)23-18-28(17-21-9-5-11-22(27)16-21)14-12-24(23)29(25)13-6-10-20-7-3-2-4-8-20;1-15-6-8-17(9-7-15)5-4-11-23-19-10-12-22(3)13-18(19)21-20(23)16(2)14-24-21;1-14-11-19-20(24-14)17-13-22(2)10-8-18(17)23(19)9-4-6-15-5-3-7-16(21)12-15;1-15-13-19-20(23-15)17-14-21(2)12-10-18(17)22(19)11-6-9-16-7-4-3-5-8-16/h2-11,15-16H,12-14,17-18H2,1H3;4-9,14H,10-13H2,1-3H3;3-7,11-12H,8-10,13H2,1-2H3;3-5,7-8,13H,6,9-12,14H2,1-2H3/b10-6+;5-4+;6-4+;. The number of allylic oxidation sites excluding steroid dienone is 3. The molecule has 5 aromatic carbocycles. The largest absolute Gasteiger partial charge is 0.343 e. The summed E-state index contributed by atoms with van der Waals surface area (Å²) >= 11 is 13.8. The molecule has 8 nitrogen and oxygen atoms in total. The summed E-state index contributed by atoms with van der Waals surface area (Å²) in [5.41, 5.74) is 26.8. The van der Waals surface area contributed by atoms with Crippen LogP contribution in [0.15, 0.2) is 175 Å². The fourth-order valence-electron chi connectivity index (χ4n) is 15.5. The van der Waals surface area contributed by atoms with E-state index in [0.717, 1.165) is 120 Å². The van der Waals surface area contributed by atoms with Gasteiger partial charge in [-0.2, -0.15) is 0 Å². The maximum absolute atomic E-state index is 13.6. The summed E-state index contributed by atoms with van der Waals surface area (Å²) in [7, 11) is 6.68. The molecule has 14 heteroatoms. The maximum Gasteiger partial charge on any atom is 0.123 e. The van der Waals surface area contributed by atoms with Gasteiger partial charge in [0.1, 0.15) is 5.82 Å². The van der Waals surface area contributed by atoms with Crippen molar-refractivity contribution in [2.75, 3.05) is 47.3 Å². The van der Waals surface area contributed by atoms with Crippen LogP contribution in [0.2, 0.25) is 5.02 Å². The highest BCUT2D eigenvalue weighted by molar-refractivity contribution is 7.20. The molecular weight excluding hydrogens is 1340 g/mol. The van der Waals surface area contributed by atoms with E-state index >= 15 is 0 Å². The van der Waals surface area contributed by atoms with E-state index in [-0.39, 0.29) is 5.82 Å². The van der Waals surface area contributed by atoms with Crippen LogP contribution in [0.25, 0.3) is 59.1 Å². The number of thiophene rings is 4. The molecule has 0 N–H and O–H groups in total. The Bertz CT molecular complexity index is 5100. The van der Waals surface area contributed by atoms with Crippen molar-refractivity contribution >= 4 is 116 Å². The zero-order valence-corrected chi connectivity index (χ0v) is 63.9. The fourth-order valence-corrected chi connectivity index (χ4v) is 20.0. The van der Waals surface area contributed by atoms with Gasteiger partial charge in [-0.05, 0) is 150 Å². The smallest absolute Gasteiger partial charge is 0.123 e. The summed E-state index contributed by atoms with van der Waals surface area (Å²) in [4.78, 5) is 13.9. The molecule has 520 valence electrons. The van der Waals surface area contributed by atoms with Crippen LogP contribution in [-0.2, 0) is 91.0 Å². The Hall–Kier alpha value is -7.66. The lowest BCUT2D eigenvalue weighted by molar-refractivity contribution is 0.243. The molecule has 0 radical (unpaired) electrons. The third-order valence-corrected chi connectivity index (χ3v) is 25.1. The quantitative estimate of drug-likeness (QED) is 0.102. The zero-order valence-electron chi connectivity index (χ0n) is 59.9. The van der Waals surface area contributed by atoms with Gasteiger partial charge in [0.15, 0.2) is 0 Å². The first kappa shape index (κ1) is 70.4. The number of aromatic nitrogens is 4. The van der Waals surface area contributed by atoms with E-state index < -0.39 is 0 Å². The second kappa shape index (κ2) is 31.9. The second-order valence-corrected chi connectivity index (χ2v) is 33.3. The lowest BCUT2D eigenvalue weighted by Gasteiger charge is -2.28. The third-order valence-electron chi connectivity index (χ3n) is 20.4. The Morgan fingerprint density at radius 2 is 0.911 bits per heavy atom. The Balaban J connectivity index is 0.000000115. The predicted molar refractivity (Wildman–Crippen MR) is 433 cm³/mol. The van der Waals surface area contributed by atoms with E-state index in [1.54, 1.807) is 34.6 Å². The summed E-state index contributed by atoms with van der Waals surface area (Å²) in [6.45, 7) is 24.4. The van der Waals surface area contributed by atoms with Crippen molar-refractivity contribution in [1.82, 2.24) is 37.9 Å². The molecule has 0 aliphatic carbocycles. The number of nitrogens with zero attached hydrogens (tertiary/aromatic N) is 8. The maximum atomic E-state index is 13.6. The molecule has 0 amide bonds. The van der Waals surface area contributed by atoms with Crippen molar-refractivity contribution in [1.29, 1.82) is 0 Å². The highest BCUT2D eigenvalue weighted by Crippen LogP contribution is 2.41. The number of rotatable bonds is 15. The SMILES string of the molecule is Cc1cc2c(s1)c1c(n2C/C=C/c2cccc(Cl)c2)CCN(C)C1.Cc1cc2c(s1)c1c(n2C/C=C/c2ccccc2)CCN(Cc2cccc(F)c2)C1.Cc1cc2c(s1)c1c(n2CCCc2ccccc2)CCN(C)C1.Cc1ccc(/C=C/Cn2c3c(c4scc(C)c42)CN(C)CC3)cc1. The van der Waals surface area contributed by atoms with Gasteiger partial charge < -0.3 is 33.0 Å². The minimum absolute atomic E-state index is 0.155. The molecule has 0 unspecified atom stereocenters. The molecule has 0 atom stereocenters. The Kier molecular flexibility index (Phi) is 22.2. The van der Waals surface area contributed by atoms with Crippen molar-refractivity contribution in [2.24, 2.45) is 0 Å². The summed E-state index contributed by atoms with van der Waals surface area (Å²) in [6.07, 6.45) is 20.3. The van der Waals surface area contributed by atoms with E-state index in [0.29, 0.717) is 0 Å². The lowest BCUT2D eigenvalue weighted by Crippen LogP contribution is -2.30. The molecular formula is C87H94ClFN8S4. The molecule has 4 aliphatic rings. The van der Waals surface area contributed by atoms with Gasteiger partial charge in [0.25, 0.3) is 0 Å². The molecule has 13 aromatic rings. The topological polar surface area (TPSA) is 32.7 Å². The average Bonchev–Trinajstić information content (AvgIpc) is 1.62. The summed E-state index contributed by atoms with van der Waals surface area (Å²) in [6, 6.07) is 52.1. The van der Waals surface area contributed by atoms with Crippen LogP contribution in [0.1, 0.15) is 105 Å². The van der Waals surface area contributed by atoms with Crippen molar-refractivity contribution in [3.05, 3.63) is 285 Å². The molecule has 0 saturated heterocycles. The molecule has 4 aliphatic heterocycles. The van der Waals surface area contributed by atoms with Crippen molar-refractivity contribution in [3.63, 3.8) is 0 Å². The molecule has 101 heavy (non-hydrogen) atoms. The molecule has 0 bridgehead atoms. The second-order valence-electron chi connectivity index (χ2n) is 28.2. The highest BCUT2D eigenvalue weighted by Gasteiger charge is 2.29. The number of benzene rings is 5. The average molecular weight is 1430 g/mol. The van der Waals surface area contributed by atoms with Gasteiger partial charge in [0.05, 0.1) is 40.9 Å². The van der Waals surface area contributed by atoms with Crippen molar-refractivity contribution in [2.45, 2.75) is 132 Å². The minimum Gasteiger partial charge on any atom is -0.343 e. The van der Waals surface area contributed by atoms with Crippen LogP contribution in [0.4, 0.5) is 4.39 Å². The van der Waals surface area contributed by atoms with Crippen LogP contribution in [0.3, 0.4) is 0 Å². The van der Waals surface area contributed by atoms with E-state index in [1.807, 2.05) is 75.7 Å². The Morgan fingerprint density at radius 1 is 0.446 bits per heavy atom. The predicted octanol–water partition coefficient (Wildman–Crippen LogP) is 21.4. The molecule has 0 fully saturated rings. The molecule has 0 spiro atoms. The first-order valence-corrected chi connectivity index (χ1v) is 39.7.